The van der Waals surface area contributed by atoms with E-state index in [0.29, 0.717) is 18.5 Å². The van der Waals surface area contributed by atoms with E-state index in [1.807, 2.05) is 0 Å². The predicted octanol–water partition coefficient (Wildman–Crippen LogP) is 2.19. The Morgan fingerprint density at radius 1 is 1.28 bits per heavy atom. The normalized spacial score (nSPS) is 17.9. The fraction of sp³-hybridized carbons (Fsp3) is 0.417. The summed E-state index contributed by atoms with van der Waals surface area (Å²) in [5, 5.41) is 2.71. The monoisotopic (exact) mass is 287 g/mol. The Labute approximate surface area is 111 Å². The first kappa shape index (κ1) is 13.4. The Morgan fingerprint density at radius 2 is 1.83 bits per heavy atom. The molecule has 0 radical (unpaired) electrons. The van der Waals surface area contributed by atoms with Gasteiger partial charge in [0, 0.05) is 11.9 Å². The van der Waals surface area contributed by atoms with Crippen LogP contribution in [0.2, 0.25) is 0 Å². The molecule has 0 spiro atoms. The van der Waals surface area contributed by atoms with Gasteiger partial charge in [-0.05, 0) is 55.1 Å². The summed E-state index contributed by atoms with van der Waals surface area (Å²) >= 11 is 5.59. The van der Waals surface area contributed by atoms with Crippen molar-refractivity contribution in [1.29, 1.82) is 0 Å². The Hall–Kier alpha value is -1.07. The van der Waals surface area contributed by atoms with E-state index in [2.05, 4.69) is 5.32 Å². The standard InChI is InChI=1S/C12H14ClNO3S/c1-18(16,17)10-5-3-9(4-6-10)14-12(11(13)15)7-2-8-12/h3-6,14H,2,7-8H2,1H3. The molecule has 0 bridgehead atoms. The fourth-order valence-corrected chi connectivity index (χ4v) is 2.83. The van der Waals surface area contributed by atoms with Gasteiger partial charge in [0.1, 0.15) is 5.54 Å². The molecule has 1 aliphatic rings. The SMILES string of the molecule is CS(=O)(=O)c1ccc(NC2(C(=O)Cl)CCC2)cc1. The predicted molar refractivity (Wildman–Crippen MR) is 70.6 cm³/mol. The molecule has 6 heteroatoms. The number of hydrogen-bond acceptors (Lipinski definition) is 4. The highest BCUT2D eigenvalue weighted by atomic mass is 35.5. The lowest BCUT2D eigenvalue weighted by Gasteiger charge is -2.39. The van der Waals surface area contributed by atoms with Crippen molar-refractivity contribution in [1.82, 2.24) is 0 Å². The first-order chi connectivity index (χ1) is 8.33. The molecule has 1 saturated carbocycles. The largest absolute Gasteiger partial charge is 0.372 e. The van der Waals surface area contributed by atoms with Gasteiger partial charge in [-0.15, -0.1) is 0 Å². The number of benzene rings is 1. The fourth-order valence-electron chi connectivity index (χ4n) is 1.96. The Bertz CT molecular complexity index is 561. The van der Waals surface area contributed by atoms with Gasteiger partial charge in [0.2, 0.25) is 5.24 Å². The number of hydrogen-bond donors (Lipinski definition) is 1. The van der Waals surface area contributed by atoms with E-state index in [1.165, 1.54) is 12.1 Å². The number of nitrogens with one attached hydrogen (secondary N) is 1. The lowest BCUT2D eigenvalue weighted by Crippen LogP contribution is -2.50. The quantitative estimate of drug-likeness (QED) is 0.862. The summed E-state index contributed by atoms with van der Waals surface area (Å²) in [6, 6.07) is 6.33. The van der Waals surface area contributed by atoms with Crippen LogP contribution in [0.1, 0.15) is 19.3 Å². The maximum Gasteiger partial charge on any atom is 0.247 e. The van der Waals surface area contributed by atoms with Gasteiger partial charge in [-0.1, -0.05) is 0 Å². The maximum atomic E-state index is 11.4. The number of carbonyl (C=O) groups excluding carboxylic acids is 1. The molecule has 0 amide bonds. The molecule has 1 aromatic carbocycles. The molecule has 2 rings (SSSR count). The Balaban J connectivity index is 2.19. The molecule has 0 atom stereocenters. The number of halogens is 1. The minimum Gasteiger partial charge on any atom is -0.372 e. The highest BCUT2D eigenvalue weighted by Crippen LogP contribution is 2.37. The van der Waals surface area contributed by atoms with Crippen LogP contribution in [0.3, 0.4) is 0 Å². The molecule has 1 N–H and O–H groups in total. The molecular formula is C12H14ClNO3S. The molecule has 4 nitrogen and oxygen atoms in total. The molecule has 0 heterocycles. The van der Waals surface area contributed by atoms with Crippen LogP contribution in [-0.4, -0.2) is 25.5 Å². The van der Waals surface area contributed by atoms with Crippen LogP contribution < -0.4 is 5.32 Å². The molecule has 0 saturated heterocycles. The van der Waals surface area contributed by atoms with E-state index in [-0.39, 0.29) is 10.1 Å². The third-order valence-electron chi connectivity index (χ3n) is 3.25. The molecule has 18 heavy (non-hydrogen) atoms. The number of rotatable bonds is 4. The topological polar surface area (TPSA) is 63.2 Å². The summed E-state index contributed by atoms with van der Waals surface area (Å²) in [5.41, 5.74) is 0.0323. The van der Waals surface area contributed by atoms with E-state index >= 15 is 0 Å². The first-order valence-corrected chi connectivity index (χ1v) is 7.89. The van der Waals surface area contributed by atoms with Gasteiger partial charge in [0.15, 0.2) is 9.84 Å². The molecule has 1 aromatic rings. The van der Waals surface area contributed by atoms with Crippen LogP contribution in [0.15, 0.2) is 29.2 Å². The number of anilines is 1. The van der Waals surface area contributed by atoms with Crippen molar-refractivity contribution in [3.8, 4) is 0 Å². The van der Waals surface area contributed by atoms with Gasteiger partial charge < -0.3 is 5.32 Å². The summed E-state index contributed by atoms with van der Waals surface area (Å²) in [6.07, 6.45) is 3.55. The smallest absolute Gasteiger partial charge is 0.247 e. The van der Waals surface area contributed by atoms with Crippen molar-refractivity contribution in [2.75, 3.05) is 11.6 Å². The van der Waals surface area contributed by atoms with E-state index in [9.17, 15) is 13.2 Å². The second-order valence-corrected chi connectivity index (χ2v) is 6.99. The average Bonchev–Trinajstić information content (AvgIpc) is 2.22. The van der Waals surface area contributed by atoms with E-state index < -0.39 is 15.4 Å². The van der Waals surface area contributed by atoms with Crippen molar-refractivity contribution < 1.29 is 13.2 Å². The minimum atomic E-state index is -3.19. The summed E-state index contributed by atoms with van der Waals surface area (Å²) in [7, 11) is -3.19. The summed E-state index contributed by atoms with van der Waals surface area (Å²) < 4.78 is 22.6. The lowest BCUT2D eigenvalue weighted by molar-refractivity contribution is -0.117. The van der Waals surface area contributed by atoms with Gasteiger partial charge in [0.25, 0.3) is 0 Å². The second-order valence-electron chi connectivity index (χ2n) is 4.63. The third kappa shape index (κ3) is 2.52. The summed E-state index contributed by atoms with van der Waals surface area (Å²) in [5.74, 6) is 0. The molecule has 0 aliphatic heterocycles. The summed E-state index contributed by atoms with van der Waals surface area (Å²) in [6.45, 7) is 0. The minimum absolute atomic E-state index is 0.257. The van der Waals surface area contributed by atoms with Gasteiger partial charge in [-0.25, -0.2) is 8.42 Å². The van der Waals surface area contributed by atoms with Crippen LogP contribution >= 0.6 is 11.6 Å². The molecule has 1 aliphatic carbocycles. The van der Waals surface area contributed by atoms with Gasteiger partial charge in [-0.3, -0.25) is 4.79 Å². The van der Waals surface area contributed by atoms with Gasteiger partial charge in [0.05, 0.1) is 4.90 Å². The Morgan fingerprint density at radius 3 is 2.17 bits per heavy atom. The second kappa shape index (κ2) is 4.55. The Kier molecular flexibility index (Phi) is 3.38. The third-order valence-corrected chi connectivity index (χ3v) is 4.74. The van der Waals surface area contributed by atoms with E-state index in [1.54, 1.807) is 12.1 Å². The van der Waals surface area contributed by atoms with Crippen LogP contribution in [0.5, 0.6) is 0 Å². The highest BCUT2D eigenvalue weighted by Gasteiger charge is 2.43. The number of carbonyl (C=O) groups is 1. The highest BCUT2D eigenvalue weighted by molar-refractivity contribution is 7.90. The zero-order chi connectivity index (χ0) is 13.4. The van der Waals surface area contributed by atoms with E-state index in [4.69, 9.17) is 11.6 Å². The maximum absolute atomic E-state index is 11.4. The zero-order valence-corrected chi connectivity index (χ0v) is 11.5. The van der Waals surface area contributed by atoms with Crippen molar-refractivity contribution in [3.05, 3.63) is 24.3 Å². The van der Waals surface area contributed by atoms with Crippen LogP contribution in [-0.2, 0) is 14.6 Å². The van der Waals surface area contributed by atoms with Gasteiger partial charge in [-0.2, -0.15) is 0 Å². The summed E-state index contributed by atoms with van der Waals surface area (Å²) in [4.78, 5) is 11.6. The van der Waals surface area contributed by atoms with Crippen LogP contribution in [0.25, 0.3) is 0 Å². The van der Waals surface area contributed by atoms with Crippen LogP contribution in [0, 0.1) is 0 Å². The molecular weight excluding hydrogens is 274 g/mol. The molecule has 98 valence electrons. The van der Waals surface area contributed by atoms with Crippen molar-refractivity contribution in [2.24, 2.45) is 0 Å². The number of sulfone groups is 1. The lowest BCUT2D eigenvalue weighted by atomic mass is 9.77. The molecule has 0 aromatic heterocycles. The zero-order valence-electron chi connectivity index (χ0n) is 9.94. The van der Waals surface area contributed by atoms with Crippen molar-refractivity contribution in [3.63, 3.8) is 0 Å². The van der Waals surface area contributed by atoms with E-state index in [0.717, 1.165) is 12.7 Å². The van der Waals surface area contributed by atoms with Crippen molar-refractivity contribution in [2.45, 2.75) is 29.7 Å². The first-order valence-electron chi connectivity index (χ1n) is 5.62. The van der Waals surface area contributed by atoms with Gasteiger partial charge >= 0.3 is 0 Å². The average molecular weight is 288 g/mol. The molecule has 1 fully saturated rings. The molecule has 0 unspecified atom stereocenters. The van der Waals surface area contributed by atoms with Crippen LogP contribution in [0.4, 0.5) is 5.69 Å². The van der Waals surface area contributed by atoms with Crippen molar-refractivity contribution >= 4 is 32.4 Å².